The minimum Gasteiger partial charge on any atom is -0.381 e. The molecule has 5 nitrogen and oxygen atoms in total. The zero-order valence-corrected chi connectivity index (χ0v) is 14.6. The monoisotopic (exact) mass is 337 g/mol. The van der Waals surface area contributed by atoms with E-state index in [1.165, 1.54) is 11.3 Å². The van der Waals surface area contributed by atoms with Crippen LogP contribution in [0.5, 0.6) is 0 Å². The average molecular weight is 337 g/mol. The fourth-order valence-electron chi connectivity index (χ4n) is 3.75. The van der Waals surface area contributed by atoms with Gasteiger partial charge < -0.3 is 15.8 Å². The Hall–Kier alpha value is -0.950. The predicted octanol–water partition coefficient (Wildman–Crippen LogP) is 1.76. The zero-order valence-electron chi connectivity index (χ0n) is 13.8. The fraction of sp³-hybridized carbons (Fsp3) is 0.706. The first-order valence-electron chi connectivity index (χ1n) is 8.49. The first-order chi connectivity index (χ1) is 11.1. The van der Waals surface area contributed by atoms with Gasteiger partial charge in [-0.15, -0.1) is 11.3 Å². The van der Waals surface area contributed by atoms with Gasteiger partial charge in [0, 0.05) is 30.7 Å². The highest BCUT2D eigenvalue weighted by Crippen LogP contribution is 2.36. The lowest BCUT2D eigenvalue weighted by molar-refractivity contribution is -0.130. The van der Waals surface area contributed by atoms with Gasteiger partial charge in [0.1, 0.15) is 0 Å². The quantitative estimate of drug-likeness (QED) is 0.878. The molecule has 23 heavy (non-hydrogen) atoms. The van der Waals surface area contributed by atoms with E-state index in [9.17, 15) is 4.79 Å². The molecule has 2 atom stereocenters. The van der Waals surface area contributed by atoms with Crippen LogP contribution in [0.25, 0.3) is 0 Å². The van der Waals surface area contributed by atoms with Gasteiger partial charge in [-0.3, -0.25) is 9.69 Å². The van der Waals surface area contributed by atoms with Gasteiger partial charge in [0.25, 0.3) is 0 Å². The molecule has 3 rings (SSSR count). The molecule has 2 aliphatic heterocycles. The van der Waals surface area contributed by atoms with E-state index < -0.39 is 5.54 Å². The number of hydrogen-bond acceptors (Lipinski definition) is 5. The normalized spacial score (nSPS) is 28.4. The number of piperidine rings is 1. The lowest BCUT2D eigenvalue weighted by Gasteiger charge is -2.39. The topological polar surface area (TPSA) is 67.6 Å². The van der Waals surface area contributed by atoms with Crippen LogP contribution in [0, 0.1) is 5.92 Å². The Morgan fingerprint density at radius 3 is 3.00 bits per heavy atom. The molecule has 1 aromatic heterocycles. The number of likely N-dealkylation sites (tertiary alicyclic amines) is 1. The Kier molecular flexibility index (Phi) is 5.36. The zero-order chi connectivity index (χ0) is 16.3. The van der Waals surface area contributed by atoms with E-state index in [-0.39, 0.29) is 5.91 Å². The van der Waals surface area contributed by atoms with Crippen LogP contribution < -0.4 is 11.1 Å². The van der Waals surface area contributed by atoms with E-state index in [0.29, 0.717) is 44.6 Å². The number of carbonyl (C=O) groups excluding carboxylic acids is 1. The molecule has 128 valence electrons. The molecule has 0 saturated carbocycles. The average Bonchev–Trinajstić information content (AvgIpc) is 3.07. The minimum absolute atomic E-state index is 0.0149. The van der Waals surface area contributed by atoms with Crippen molar-refractivity contribution in [2.45, 2.75) is 37.3 Å². The third kappa shape index (κ3) is 3.76. The van der Waals surface area contributed by atoms with Crippen LogP contribution in [0.1, 0.15) is 36.6 Å². The van der Waals surface area contributed by atoms with Crippen molar-refractivity contribution in [1.82, 2.24) is 10.2 Å². The molecular weight excluding hydrogens is 310 g/mol. The summed E-state index contributed by atoms with van der Waals surface area (Å²) in [6.07, 6.45) is 3.55. The van der Waals surface area contributed by atoms with E-state index in [0.717, 1.165) is 13.0 Å². The molecule has 3 heterocycles. The van der Waals surface area contributed by atoms with Crippen LogP contribution in [-0.4, -0.2) is 49.7 Å². The number of hydrogen-bond donors (Lipinski definition) is 2. The van der Waals surface area contributed by atoms with Crippen LogP contribution in [-0.2, 0) is 9.53 Å². The molecule has 0 bridgehead atoms. The smallest absolute Gasteiger partial charge is 0.240 e. The summed E-state index contributed by atoms with van der Waals surface area (Å²) >= 11 is 1.80. The number of ether oxygens (including phenoxy) is 1. The summed E-state index contributed by atoms with van der Waals surface area (Å²) in [5.41, 5.74) is 5.52. The second-order valence-electron chi connectivity index (χ2n) is 6.82. The molecule has 0 aromatic carbocycles. The largest absolute Gasteiger partial charge is 0.381 e. The molecule has 0 spiro atoms. The predicted molar refractivity (Wildman–Crippen MR) is 92.4 cm³/mol. The Balaban J connectivity index is 1.62. The summed E-state index contributed by atoms with van der Waals surface area (Å²) in [4.78, 5) is 16.3. The standard InChI is InChI=1S/C17H27N3O2S/c1-20-8-2-4-13(15(20)14-5-3-11-23-14)12-19-16(21)17(18)6-9-22-10-7-17/h3,5,11,13,15H,2,4,6-10,12,18H2,1H3,(H,19,21). The van der Waals surface area contributed by atoms with E-state index in [4.69, 9.17) is 10.5 Å². The second-order valence-corrected chi connectivity index (χ2v) is 7.80. The number of amides is 1. The third-order valence-electron chi connectivity index (χ3n) is 5.20. The first kappa shape index (κ1) is 16.9. The number of thiophene rings is 1. The van der Waals surface area contributed by atoms with E-state index in [1.807, 2.05) is 0 Å². The third-order valence-corrected chi connectivity index (χ3v) is 6.15. The van der Waals surface area contributed by atoms with Gasteiger partial charge in [0.05, 0.1) is 5.54 Å². The summed E-state index contributed by atoms with van der Waals surface area (Å²) in [7, 11) is 2.18. The highest BCUT2D eigenvalue weighted by Gasteiger charge is 2.37. The SMILES string of the molecule is CN1CCCC(CNC(=O)C2(N)CCOCC2)C1c1cccs1. The molecule has 1 aromatic rings. The minimum atomic E-state index is -0.753. The van der Waals surface area contributed by atoms with Crippen molar-refractivity contribution in [1.29, 1.82) is 0 Å². The molecule has 0 aliphatic carbocycles. The molecule has 2 aliphatic rings. The van der Waals surface area contributed by atoms with Crippen molar-refractivity contribution in [3.8, 4) is 0 Å². The van der Waals surface area contributed by atoms with Crippen molar-refractivity contribution < 1.29 is 9.53 Å². The molecule has 3 N–H and O–H groups in total. The van der Waals surface area contributed by atoms with Crippen LogP contribution in [0.15, 0.2) is 17.5 Å². The van der Waals surface area contributed by atoms with Crippen molar-refractivity contribution >= 4 is 17.2 Å². The lowest BCUT2D eigenvalue weighted by Crippen LogP contribution is -2.58. The van der Waals surface area contributed by atoms with Gasteiger partial charge in [-0.2, -0.15) is 0 Å². The Morgan fingerprint density at radius 2 is 2.30 bits per heavy atom. The van der Waals surface area contributed by atoms with E-state index in [2.05, 4.69) is 34.8 Å². The summed E-state index contributed by atoms with van der Waals surface area (Å²) < 4.78 is 5.32. The fourth-order valence-corrected chi connectivity index (χ4v) is 4.73. The van der Waals surface area contributed by atoms with Gasteiger partial charge >= 0.3 is 0 Å². The molecule has 1 amide bonds. The highest BCUT2D eigenvalue weighted by atomic mass is 32.1. The summed E-state index contributed by atoms with van der Waals surface area (Å²) in [5.74, 6) is 0.429. The number of nitrogens with two attached hydrogens (primary N) is 1. The van der Waals surface area contributed by atoms with Crippen LogP contribution in [0.4, 0.5) is 0 Å². The van der Waals surface area contributed by atoms with Gasteiger partial charge in [-0.25, -0.2) is 0 Å². The van der Waals surface area contributed by atoms with Crippen LogP contribution in [0.3, 0.4) is 0 Å². The Morgan fingerprint density at radius 1 is 1.52 bits per heavy atom. The summed E-state index contributed by atoms with van der Waals surface area (Å²) in [6.45, 7) is 2.97. The van der Waals surface area contributed by atoms with Crippen LogP contribution >= 0.6 is 11.3 Å². The van der Waals surface area contributed by atoms with Gasteiger partial charge in [0.2, 0.25) is 5.91 Å². The number of nitrogens with one attached hydrogen (secondary N) is 1. The van der Waals surface area contributed by atoms with E-state index >= 15 is 0 Å². The van der Waals surface area contributed by atoms with Crippen molar-refractivity contribution in [2.24, 2.45) is 11.7 Å². The van der Waals surface area contributed by atoms with E-state index in [1.54, 1.807) is 11.3 Å². The Labute approximate surface area is 142 Å². The van der Waals surface area contributed by atoms with Crippen molar-refractivity contribution in [3.63, 3.8) is 0 Å². The van der Waals surface area contributed by atoms with Gasteiger partial charge in [-0.1, -0.05) is 6.07 Å². The molecule has 2 fully saturated rings. The van der Waals surface area contributed by atoms with Gasteiger partial charge in [0.15, 0.2) is 0 Å². The van der Waals surface area contributed by atoms with Crippen molar-refractivity contribution in [3.05, 3.63) is 22.4 Å². The van der Waals surface area contributed by atoms with Gasteiger partial charge in [-0.05, 0) is 56.6 Å². The maximum absolute atomic E-state index is 12.5. The maximum atomic E-state index is 12.5. The summed E-state index contributed by atoms with van der Waals surface area (Å²) in [6, 6.07) is 4.71. The molecule has 2 unspecified atom stereocenters. The first-order valence-corrected chi connectivity index (χ1v) is 9.37. The maximum Gasteiger partial charge on any atom is 0.240 e. The molecule has 0 radical (unpaired) electrons. The summed E-state index contributed by atoms with van der Waals surface area (Å²) in [5, 5.41) is 5.26. The molecule has 2 saturated heterocycles. The Bertz CT molecular complexity index is 514. The second kappa shape index (κ2) is 7.30. The van der Waals surface area contributed by atoms with Crippen molar-refractivity contribution in [2.75, 3.05) is 33.4 Å². The molecule has 6 heteroatoms. The molecular formula is C17H27N3O2S. The highest BCUT2D eigenvalue weighted by molar-refractivity contribution is 7.10. The number of nitrogens with zero attached hydrogens (tertiary/aromatic N) is 1. The van der Waals surface area contributed by atoms with Crippen LogP contribution in [0.2, 0.25) is 0 Å². The number of rotatable bonds is 4. The number of carbonyl (C=O) groups is 1. The lowest BCUT2D eigenvalue weighted by atomic mass is 9.87.